The second-order valence-electron chi connectivity index (χ2n) is 4.85. The van der Waals surface area contributed by atoms with E-state index in [4.69, 9.17) is 0 Å². The smallest absolute Gasteiger partial charge is 0.261 e. The van der Waals surface area contributed by atoms with Crippen LogP contribution in [0, 0.1) is 5.82 Å². The minimum absolute atomic E-state index is 0.0356. The van der Waals surface area contributed by atoms with Crippen LogP contribution in [0.2, 0.25) is 0 Å². The molecular weight excluding hydrogens is 317 g/mol. The van der Waals surface area contributed by atoms with E-state index in [1.54, 1.807) is 41.7 Å². The number of carbonyl (C=O) groups excluding carboxylic acids is 1. The van der Waals surface area contributed by atoms with Crippen LogP contribution in [-0.4, -0.2) is 5.91 Å². The fraction of sp³-hybridized carbons (Fsp3) is 0.118. The van der Waals surface area contributed by atoms with Crippen LogP contribution in [0.4, 0.5) is 4.39 Å². The monoisotopic (exact) mass is 331 g/mol. The Labute approximate surface area is 136 Å². The molecule has 2 aromatic heterocycles. The van der Waals surface area contributed by atoms with Gasteiger partial charge >= 0.3 is 0 Å². The summed E-state index contributed by atoms with van der Waals surface area (Å²) in [5, 5.41) is 4.95. The van der Waals surface area contributed by atoms with Gasteiger partial charge in [-0.3, -0.25) is 4.79 Å². The van der Waals surface area contributed by atoms with Gasteiger partial charge in [-0.2, -0.15) is 0 Å². The highest BCUT2D eigenvalue weighted by atomic mass is 32.1. The predicted octanol–water partition coefficient (Wildman–Crippen LogP) is 5.11. The van der Waals surface area contributed by atoms with Gasteiger partial charge in [-0.1, -0.05) is 24.3 Å². The molecule has 2 nitrogen and oxygen atoms in total. The molecule has 0 aliphatic carbocycles. The van der Waals surface area contributed by atoms with Crippen molar-refractivity contribution < 1.29 is 9.18 Å². The molecule has 22 heavy (non-hydrogen) atoms. The number of amides is 1. The first-order chi connectivity index (χ1) is 10.6. The quantitative estimate of drug-likeness (QED) is 0.707. The van der Waals surface area contributed by atoms with Crippen molar-refractivity contribution in [3.05, 3.63) is 69.5 Å². The summed E-state index contributed by atoms with van der Waals surface area (Å²) in [6.07, 6.45) is 0. The van der Waals surface area contributed by atoms with Gasteiger partial charge in [0.1, 0.15) is 5.82 Å². The molecule has 0 radical (unpaired) electrons. The minimum atomic E-state index is -0.275. The summed E-state index contributed by atoms with van der Waals surface area (Å²) in [7, 11) is 0. The van der Waals surface area contributed by atoms with Crippen molar-refractivity contribution in [3.63, 3.8) is 0 Å². The van der Waals surface area contributed by atoms with Crippen LogP contribution in [-0.2, 0) is 0 Å². The average Bonchev–Trinajstić information content (AvgIpc) is 3.19. The van der Waals surface area contributed by atoms with Gasteiger partial charge in [0.05, 0.1) is 10.9 Å². The van der Waals surface area contributed by atoms with E-state index in [2.05, 4.69) is 5.32 Å². The zero-order chi connectivity index (χ0) is 15.5. The van der Waals surface area contributed by atoms with Crippen LogP contribution >= 0.6 is 22.7 Å². The van der Waals surface area contributed by atoms with E-state index < -0.39 is 0 Å². The minimum Gasteiger partial charge on any atom is -0.344 e. The summed E-state index contributed by atoms with van der Waals surface area (Å²) in [6, 6.07) is 14.0. The molecule has 112 valence electrons. The SMILES string of the molecule is CC(NC(=O)c1ccc(-c2ccccc2F)s1)c1cccs1. The lowest BCUT2D eigenvalue weighted by atomic mass is 10.2. The molecule has 0 spiro atoms. The Bertz CT molecular complexity index is 780. The van der Waals surface area contributed by atoms with E-state index in [0.29, 0.717) is 10.4 Å². The molecule has 0 aliphatic heterocycles. The van der Waals surface area contributed by atoms with E-state index >= 15 is 0 Å². The number of hydrogen-bond acceptors (Lipinski definition) is 3. The first-order valence-corrected chi connectivity index (χ1v) is 8.54. The first kappa shape index (κ1) is 14.9. The van der Waals surface area contributed by atoms with E-state index in [1.165, 1.54) is 17.4 Å². The molecule has 1 atom stereocenters. The van der Waals surface area contributed by atoms with Gasteiger partial charge in [-0.25, -0.2) is 4.39 Å². The fourth-order valence-electron chi connectivity index (χ4n) is 2.14. The van der Waals surface area contributed by atoms with Crippen molar-refractivity contribution in [2.45, 2.75) is 13.0 Å². The van der Waals surface area contributed by atoms with Gasteiger partial charge in [0.15, 0.2) is 0 Å². The zero-order valence-electron chi connectivity index (χ0n) is 11.9. The maximum absolute atomic E-state index is 13.8. The Morgan fingerprint density at radius 1 is 1.14 bits per heavy atom. The van der Waals surface area contributed by atoms with Crippen molar-refractivity contribution in [2.75, 3.05) is 0 Å². The van der Waals surface area contributed by atoms with Gasteiger partial charge in [-0.15, -0.1) is 22.7 Å². The van der Waals surface area contributed by atoms with Crippen molar-refractivity contribution in [1.82, 2.24) is 5.32 Å². The lowest BCUT2D eigenvalue weighted by Crippen LogP contribution is -2.25. The maximum Gasteiger partial charge on any atom is 0.261 e. The lowest BCUT2D eigenvalue weighted by molar-refractivity contribution is 0.0944. The second-order valence-corrected chi connectivity index (χ2v) is 6.92. The van der Waals surface area contributed by atoms with E-state index in [-0.39, 0.29) is 17.8 Å². The number of nitrogens with one attached hydrogen (secondary N) is 1. The molecule has 5 heteroatoms. The topological polar surface area (TPSA) is 29.1 Å². The van der Waals surface area contributed by atoms with Crippen LogP contribution in [0.25, 0.3) is 10.4 Å². The van der Waals surface area contributed by atoms with Crippen molar-refractivity contribution in [1.29, 1.82) is 0 Å². The Morgan fingerprint density at radius 3 is 2.68 bits per heavy atom. The Kier molecular flexibility index (Phi) is 4.36. The molecule has 0 saturated carbocycles. The van der Waals surface area contributed by atoms with Crippen molar-refractivity contribution in [2.24, 2.45) is 0 Å². The lowest BCUT2D eigenvalue weighted by Gasteiger charge is -2.10. The molecule has 1 N–H and O–H groups in total. The predicted molar refractivity (Wildman–Crippen MR) is 89.9 cm³/mol. The van der Waals surface area contributed by atoms with E-state index in [9.17, 15) is 9.18 Å². The maximum atomic E-state index is 13.8. The molecule has 3 rings (SSSR count). The Morgan fingerprint density at radius 2 is 1.95 bits per heavy atom. The molecule has 0 fully saturated rings. The summed E-state index contributed by atoms with van der Waals surface area (Å²) in [5.74, 6) is -0.406. The fourth-order valence-corrected chi connectivity index (χ4v) is 3.81. The summed E-state index contributed by atoms with van der Waals surface area (Å²) in [6.45, 7) is 1.95. The van der Waals surface area contributed by atoms with Crippen molar-refractivity contribution >= 4 is 28.6 Å². The van der Waals surface area contributed by atoms with Crippen LogP contribution in [0.5, 0.6) is 0 Å². The highest BCUT2D eigenvalue weighted by molar-refractivity contribution is 7.17. The number of carbonyl (C=O) groups is 1. The molecule has 2 heterocycles. The Hall–Kier alpha value is -1.98. The number of thiophene rings is 2. The molecule has 1 amide bonds. The summed E-state index contributed by atoms with van der Waals surface area (Å²) < 4.78 is 13.8. The highest BCUT2D eigenvalue weighted by Crippen LogP contribution is 2.30. The largest absolute Gasteiger partial charge is 0.344 e. The molecule has 1 aromatic carbocycles. The summed E-state index contributed by atoms with van der Waals surface area (Å²) >= 11 is 2.91. The van der Waals surface area contributed by atoms with Gasteiger partial charge in [-0.05, 0) is 36.6 Å². The molecule has 0 aliphatic rings. The van der Waals surface area contributed by atoms with Gasteiger partial charge in [0.25, 0.3) is 5.91 Å². The average molecular weight is 331 g/mol. The molecule has 0 saturated heterocycles. The number of halogens is 1. The molecular formula is C17H14FNOS2. The molecule has 0 bridgehead atoms. The van der Waals surface area contributed by atoms with E-state index in [1.807, 2.05) is 24.4 Å². The standard InChI is InChI=1S/C17H14FNOS2/c1-11(14-7-4-10-21-14)19-17(20)16-9-8-15(22-16)12-5-2-3-6-13(12)18/h2-11H,1H3,(H,19,20). The van der Waals surface area contributed by atoms with Crippen LogP contribution in [0.1, 0.15) is 27.5 Å². The highest BCUT2D eigenvalue weighted by Gasteiger charge is 2.15. The zero-order valence-corrected chi connectivity index (χ0v) is 13.5. The third kappa shape index (κ3) is 3.10. The molecule has 1 unspecified atom stereocenters. The van der Waals surface area contributed by atoms with Gasteiger partial charge < -0.3 is 5.32 Å². The molecule has 3 aromatic rings. The van der Waals surface area contributed by atoms with Crippen LogP contribution in [0.15, 0.2) is 53.9 Å². The van der Waals surface area contributed by atoms with Crippen molar-refractivity contribution in [3.8, 4) is 10.4 Å². The normalized spacial score (nSPS) is 12.1. The first-order valence-electron chi connectivity index (χ1n) is 6.84. The number of rotatable bonds is 4. The van der Waals surface area contributed by atoms with Crippen LogP contribution < -0.4 is 5.32 Å². The summed E-state index contributed by atoms with van der Waals surface area (Å²) in [4.78, 5) is 14.7. The second kappa shape index (κ2) is 6.42. The van der Waals surface area contributed by atoms with E-state index in [0.717, 1.165) is 9.75 Å². The Balaban J connectivity index is 1.76. The van der Waals surface area contributed by atoms with Crippen LogP contribution in [0.3, 0.4) is 0 Å². The summed E-state index contributed by atoms with van der Waals surface area (Å²) in [5.41, 5.74) is 0.526. The van der Waals surface area contributed by atoms with Gasteiger partial charge in [0.2, 0.25) is 0 Å². The number of benzene rings is 1. The third-order valence-electron chi connectivity index (χ3n) is 3.29. The third-order valence-corrected chi connectivity index (χ3v) is 5.46. The number of hydrogen-bond donors (Lipinski definition) is 1. The van der Waals surface area contributed by atoms with Gasteiger partial charge in [0, 0.05) is 15.3 Å².